The molecule has 0 bridgehead atoms. The molecular weight excluding hydrogens is 192 g/mol. The van der Waals surface area contributed by atoms with Crippen LogP contribution in [-0.4, -0.2) is 45.6 Å². The highest BCUT2D eigenvalue weighted by Crippen LogP contribution is 2.16. The minimum atomic E-state index is 0.158. The fourth-order valence-corrected chi connectivity index (χ4v) is 2.02. The van der Waals surface area contributed by atoms with Gasteiger partial charge in [0, 0.05) is 32.8 Å². The fraction of sp³-hybridized carbons (Fsp3) is 1.00. The molecule has 0 saturated heterocycles. The van der Waals surface area contributed by atoms with Crippen molar-refractivity contribution in [1.82, 2.24) is 5.32 Å². The first kappa shape index (κ1) is 12.9. The molecule has 1 saturated carbocycles. The zero-order valence-electron chi connectivity index (χ0n) is 9.87. The SMILES string of the molecule is COCC(CNC1CCC(N)CC1)OC. The van der Waals surface area contributed by atoms with E-state index in [9.17, 15) is 0 Å². The Morgan fingerprint density at radius 3 is 2.47 bits per heavy atom. The maximum absolute atomic E-state index is 5.85. The van der Waals surface area contributed by atoms with Crippen molar-refractivity contribution in [2.75, 3.05) is 27.4 Å². The zero-order valence-corrected chi connectivity index (χ0v) is 9.87. The number of nitrogens with one attached hydrogen (secondary N) is 1. The first-order valence-electron chi connectivity index (χ1n) is 5.77. The van der Waals surface area contributed by atoms with Crippen LogP contribution in [0.5, 0.6) is 0 Å². The van der Waals surface area contributed by atoms with Gasteiger partial charge in [0.2, 0.25) is 0 Å². The van der Waals surface area contributed by atoms with Crippen molar-refractivity contribution in [3.8, 4) is 0 Å². The van der Waals surface area contributed by atoms with Gasteiger partial charge in [0.15, 0.2) is 0 Å². The second-order valence-corrected chi connectivity index (χ2v) is 4.33. The number of methoxy groups -OCH3 is 2. The predicted molar refractivity (Wildman–Crippen MR) is 60.9 cm³/mol. The van der Waals surface area contributed by atoms with Gasteiger partial charge in [-0.15, -0.1) is 0 Å². The van der Waals surface area contributed by atoms with Crippen LogP contribution in [0.3, 0.4) is 0 Å². The maximum atomic E-state index is 5.85. The Morgan fingerprint density at radius 2 is 1.93 bits per heavy atom. The van der Waals surface area contributed by atoms with Crippen LogP contribution in [0.15, 0.2) is 0 Å². The molecule has 90 valence electrons. The van der Waals surface area contributed by atoms with Gasteiger partial charge in [-0.1, -0.05) is 0 Å². The van der Waals surface area contributed by atoms with E-state index in [0.717, 1.165) is 19.4 Å². The third-order valence-electron chi connectivity index (χ3n) is 3.09. The number of rotatable bonds is 6. The van der Waals surface area contributed by atoms with Crippen molar-refractivity contribution in [2.24, 2.45) is 5.73 Å². The molecule has 1 aliphatic carbocycles. The summed E-state index contributed by atoms with van der Waals surface area (Å²) in [7, 11) is 3.42. The molecule has 0 spiro atoms. The summed E-state index contributed by atoms with van der Waals surface area (Å²) >= 11 is 0. The van der Waals surface area contributed by atoms with Gasteiger partial charge in [-0.05, 0) is 25.7 Å². The summed E-state index contributed by atoms with van der Waals surface area (Å²) < 4.78 is 10.4. The summed E-state index contributed by atoms with van der Waals surface area (Å²) in [5.74, 6) is 0. The molecule has 1 unspecified atom stereocenters. The molecule has 0 aromatic rings. The highest BCUT2D eigenvalue weighted by Gasteiger charge is 2.19. The first-order valence-corrected chi connectivity index (χ1v) is 5.77. The van der Waals surface area contributed by atoms with Crippen molar-refractivity contribution in [3.63, 3.8) is 0 Å². The molecule has 0 radical (unpaired) electrons. The molecular formula is C11H24N2O2. The third-order valence-corrected chi connectivity index (χ3v) is 3.09. The number of nitrogens with two attached hydrogens (primary N) is 1. The largest absolute Gasteiger partial charge is 0.382 e. The van der Waals surface area contributed by atoms with Gasteiger partial charge in [0.1, 0.15) is 0 Å². The Kier molecular flexibility index (Phi) is 6.17. The lowest BCUT2D eigenvalue weighted by Gasteiger charge is -2.28. The molecule has 0 heterocycles. The number of ether oxygens (including phenoxy) is 2. The zero-order chi connectivity index (χ0) is 11.1. The van der Waals surface area contributed by atoms with Gasteiger partial charge in [-0.2, -0.15) is 0 Å². The molecule has 1 rings (SSSR count). The number of hydrogen-bond acceptors (Lipinski definition) is 4. The second kappa shape index (κ2) is 7.17. The van der Waals surface area contributed by atoms with Gasteiger partial charge >= 0.3 is 0 Å². The molecule has 4 nitrogen and oxygen atoms in total. The Bertz CT molecular complexity index is 159. The van der Waals surface area contributed by atoms with Crippen LogP contribution < -0.4 is 11.1 Å². The van der Waals surface area contributed by atoms with Crippen LogP contribution in [0.4, 0.5) is 0 Å². The maximum Gasteiger partial charge on any atom is 0.0928 e. The van der Waals surface area contributed by atoms with Crippen molar-refractivity contribution >= 4 is 0 Å². The molecule has 0 aliphatic heterocycles. The van der Waals surface area contributed by atoms with Crippen LogP contribution in [-0.2, 0) is 9.47 Å². The Labute approximate surface area is 92.5 Å². The van der Waals surface area contributed by atoms with E-state index in [1.165, 1.54) is 12.8 Å². The average molecular weight is 216 g/mol. The van der Waals surface area contributed by atoms with Gasteiger partial charge in [0.05, 0.1) is 12.7 Å². The van der Waals surface area contributed by atoms with Crippen LogP contribution in [0.2, 0.25) is 0 Å². The number of hydrogen-bond donors (Lipinski definition) is 2. The summed E-state index contributed by atoms with van der Waals surface area (Å²) in [5, 5.41) is 3.52. The van der Waals surface area contributed by atoms with E-state index in [2.05, 4.69) is 5.32 Å². The standard InChI is InChI=1S/C11H24N2O2/c1-14-8-11(15-2)7-13-10-5-3-9(12)4-6-10/h9-11,13H,3-8,12H2,1-2H3. The summed E-state index contributed by atoms with van der Waals surface area (Å²) in [6.07, 6.45) is 4.81. The van der Waals surface area contributed by atoms with E-state index in [4.69, 9.17) is 15.2 Å². The van der Waals surface area contributed by atoms with E-state index in [-0.39, 0.29) is 6.10 Å². The van der Waals surface area contributed by atoms with Crippen LogP contribution >= 0.6 is 0 Å². The van der Waals surface area contributed by atoms with Crippen molar-refractivity contribution in [3.05, 3.63) is 0 Å². The predicted octanol–water partition coefficient (Wildman–Crippen LogP) is 0.507. The Hall–Kier alpha value is -0.160. The highest BCUT2D eigenvalue weighted by molar-refractivity contribution is 4.79. The van der Waals surface area contributed by atoms with E-state index in [0.29, 0.717) is 18.7 Å². The first-order chi connectivity index (χ1) is 7.26. The normalized spacial score (nSPS) is 29.0. The van der Waals surface area contributed by atoms with Crippen LogP contribution in [0.25, 0.3) is 0 Å². The molecule has 15 heavy (non-hydrogen) atoms. The molecule has 0 aromatic heterocycles. The monoisotopic (exact) mass is 216 g/mol. The summed E-state index contributed by atoms with van der Waals surface area (Å²) in [4.78, 5) is 0. The minimum absolute atomic E-state index is 0.158. The lowest BCUT2D eigenvalue weighted by atomic mass is 9.92. The Balaban J connectivity index is 2.12. The fourth-order valence-electron chi connectivity index (χ4n) is 2.02. The lowest BCUT2D eigenvalue weighted by Crippen LogP contribution is -2.42. The molecule has 1 fully saturated rings. The smallest absolute Gasteiger partial charge is 0.0928 e. The lowest BCUT2D eigenvalue weighted by molar-refractivity contribution is 0.0265. The van der Waals surface area contributed by atoms with E-state index in [1.54, 1.807) is 14.2 Å². The topological polar surface area (TPSA) is 56.5 Å². The molecule has 1 aliphatic rings. The van der Waals surface area contributed by atoms with E-state index < -0.39 is 0 Å². The third kappa shape index (κ3) is 4.93. The van der Waals surface area contributed by atoms with E-state index >= 15 is 0 Å². The summed E-state index contributed by atoms with van der Waals surface area (Å²) in [5.41, 5.74) is 5.85. The van der Waals surface area contributed by atoms with Crippen molar-refractivity contribution in [2.45, 2.75) is 43.9 Å². The molecule has 0 aromatic carbocycles. The van der Waals surface area contributed by atoms with Gasteiger partial charge < -0.3 is 20.5 Å². The molecule has 1 atom stereocenters. The van der Waals surface area contributed by atoms with Crippen molar-refractivity contribution in [1.29, 1.82) is 0 Å². The molecule has 0 amide bonds. The average Bonchev–Trinajstić information content (AvgIpc) is 2.26. The Morgan fingerprint density at radius 1 is 1.27 bits per heavy atom. The van der Waals surface area contributed by atoms with Gasteiger partial charge in [0.25, 0.3) is 0 Å². The van der Waals surface area contributed by atoms with Gasteiger partial charge in [-0.25, -0.2) is 0 Å². The minimum Gasteiger partial charge on any atom is -0.382 e. The van der Waals surface area contributed by atoms with Gasteiger partial charge in [-0.3, -0.25) is 0 Å². The summed E-state index contributed by atoms with van der Waals surface area (Å²) in [6.45, 7) is 1.51. The molecule has 4 heteroatoms. The molecule has 3 N–H and O–H groups in total. The van der Waals surface area contributed by atoms with Crippen LogP contribution in [0, 0.1) is 0 Å². The quantitative estimate of drug-likeness (QED) is 0.679. The second-order valence-electron chi connectivity index (χ2n) is 4.33. The van der Waals surface area contributed by atoms with Crippen LogP contribution in [0.1, 0.15) is 25.7 Å². The van der Waals surface area contributed by atoms with E-state index in [1.807, 2.05) is 0 Å². The summed E-state index contributed by atoms with van der Waals surface area (Å²) in [6, 6.07) is 1.03. The van der Waals surface area contributed by atoms with Crippen molar-refractivity contribution < 1.29 is 9.47 Å². The highest BCUT2D eigenvalue weighted by atomic mass is 16.5.